The van der Waals surface area contributed by atoms with Crippen molar-refractivity contribution in [3.05, 3.63) is 57.4 Å². The van der Waals surface area contributed by atoms with E-state index in [9.17, 15) is 14.4 Å². The minimum atomic E-state index is -0.593. The summed E-state index contributed by atoms with van der Waals surface area (Å²) in [4.78, 5) is 39.6. The summed E-state index contributed by atoms with van der Waals surface area (Å²) < 4.78 is 6.91. The van der Waals surface area contributed by atoms with Gasteiger partial charge in [-0.3, -0.25) is 19.1 Å². The molecule has 1 unspecified atom stereocenters. The summed E-state index contributed by atoms with van der Waals surface area (Å²) in [5.41, 5.74) is -0.262. The van der Waals surface area contributed by atoms with Crippen molar-refractivity contribution in [1.82, 2.24) is 9.55 Å². The maximum absolute atomic E-state index is 12.7. The normalized spacial score (nSPS) is 17.1. The standard InChI is InChI=1S/C18H21N3O4/c1-2-3-12-25-14-6-4-13(5-7-14)20-10-8-15(17(20)23)21-11-9-16(22)19-18(21)24/h4-7,9,11,15H,2-3,8,10,12H2,1H3,(H,19,22,24). The summed E-state index contributed by atoms with van der Waals surface area (Å²) in [5.74, 6) is 0.617. The van der Waals surface area contributed by atoms with E-state index < -0.39 is 17.3 Å². The lowest BCUT2D eigenvalue weighted by Gasteiger charge is -2.18. The molecule has 7 nitrogen and oxygen atoms in total. The van der Waals surface area contributed by atoms with Crippen LogP contribution in [0.3, 0.4) is 0 Å². The quantitative estimate of drug-likeness (QED) is 0.809. The first-order valence-corrected chi connectivity index (χ1v) is 8.46. The zero-order chi connectivity index (χ0) is 17.8. The smallest absolute Gasteiger partial charge is 0.329 e. The summed E-state index contributed by atoms with van der Waals surface area (Å²) in [6.45, 7) is 3.30. The van der Waals surface area contributed by atoms with Crippen LogP contribution < -0.4 is 20.9 Å². The van der Waals surface area contributed by atoms with Crippen molar-refractivity contribution in [2.24, 2.45) is 0 Å². The lowest BCUT2D eigenvalue weighted by molar-refractivity contribution is -0.119. The number of carbonyl (C=O) groups excluding carboxylic acids is 1. The van der Waals surface area contributed by atoms with Gasteiger partial charge in [0.05, 0.1) is 6.61 Å². The second-order valence-electron chi connectivity index (χ2n) is 6.01. The molecule has 0 radical (unpaired) electrons. The van der Waals surface area contributed by atoms with Gasteiger partial charge in [-0.15, -0.1) is 0 Å². The van der Waals surface area contributed by atoms with Crippen LogP contribution in [-0.2, 0) is 4.79 Å². The molecule has 25 heavy (non-hydrogen) atoms. The highest BCUT2D eigenvalue weighted by Gasteiger charge is 2.34. The van der Waals surface area contributed by atoms with Gasteiger partial charge in [0.1, 0.15) is 11.8 Å². The molecule has 0 bridgehead atoms. The summed E-state index contributed by atoms with van der Waals surface area (Å²) in [6.07, 6.45) is 3.96. The molecule has 1 saturated heterocycles. The molecule has 1 amide bonds. The topological polar surface area (TPSA) is 84.4 Å². The number of ether oxygens (including phenoxy) is 1. The van der Waals surface area contributed by atoms with E-state index in [4.69, 9.17) is 4.74 Å². The molecule has 1 aliphatic heterocycles. The monoisotopic (exact) mass is 343 g/mol. The molecular formula is C18H21N3O4. The van der Waals surface area contributed by atoms with Crippen LogP contribution in [-0.4, -0.2) is 28.6 Å². The van der Waals surface area contributed by atoms with Gasteiger partial charge in [0.2, 0.25) is 5.91 Å². The molecule has 3 rings (SSSR count). The Balaban J connectivity index is 1.73. The molecule has 1 N–H and O–H groups in total. The van der Waals surface area contributed by atoms with Gasteiger partial charge >= 0.3 is 5.69 Å². The van der Waals surface area contributed by atoms with Gasteiger partial charge in [-0.25, -0.2) is 4.79 Å². The number of nitrogens with one attached hydrogen (secondary N) is 1. The number of hydrogen-bond donors (Lipinski definition) is 1. The molecule has 1 fully saturated rings. The Labute approximate surface area is 144 Å². The first kappa shape index (κ1) is 17.0. The third-order valence-corrected chi connectivity index (χ3v) is 4.28. The Kier molecular flexibility index (Phi) is 5.02. The van der Waals surface area contributed by atoms with Crippen molar-refractivity contribution in [2.45, 2.75) is 32.2 Å². The van der Waals surface area contributed by atoms with Crippen molar-refractivity contribution in [1.29, 1.82) is 0 Å². The molecule has 132 valence electrons. The Hall–Kier alpha value is -2.83. The number of amides is 1. The minimum absolute atomic E-state index is 0.159. The van der Waals surface area contributed by atoms with Crippen molar-refractivity contribution in [3.63, 3.8) is 0 Å². The van der Waals surface area contributed by atoms with Gasteiger partial charge in [0, 0.05) is 24.5 Å². The van der Waals surface area contributed by atoms with E-state index in [-0.39, 0.29) is 5.91 Å². The number of anilines is 1. The molecule has 0 spiro atoms. The van der Waals surface area contributed by atoms with Crippen molar-refractivity contribution in [3.8, 4) is 5.75 Å². The third-order valence-electron chi connectivity index (χ3n) is 4.28. The average molecular weight is 343 g/mol. The Bertz CT molecular complexity index is 854. The molecule has 1 aromatic heterocycles. The molecule has 7 heteroatoms. The molecule has 1 aromatic carbocycles. The van der Waals surface area contributed by atoms with E-state index in [0.717, 1.165) is 24.3 Å². The number of unbranched alkanes of at least 4 members (excludes halogenated alkanes) is 1. The van der Waals surface area contributed by atoms with Crippen molar-refractivity contribution >= 4 is 11.6 Å². The van der Waals surface area contributed by atoms with Gasteiger partial charge in [-0.05, 0) is 37.1 Å². The molecule has 0 saturated carbocycles. The molecule has 1 atom stereocenters. The zero-order valence-electron chi connectivity index (χ0n) is 14.1. The van der Waals surface area contributed by atoms with Crippen LogP contribution in [0.4, 0.5) is 5.69 Å². The molecule has 1 aliphatic rings. The summed E-state index contributed by atoms with van der Waals surface area (Å²) in [6, 6.07) is 8.04. The highest BCUT2D eigenvalue weighted by atomic mass is 16.5. The average Bonchev–Trinajstić information content (AvgIpc) is 2.97. The Morgan fingerprint density at radius 1 is 1.16 bits per heavy atom. The van der Waals surface area contributed by atoms with Crippen LogP contribution in [0.5, 0.6) is 5.75 Å². The third kappa shape index (κ3) is 3.65. The lowest BCUT2D eigenvalue weighted by Crippen LogP contribution is -2.35. The maximum atomic E-state index is 12.7. The van der Waals surface area contributed by atoms with Crippen LogP contribution in [0.2, 0.25) is 0 Å². The first-order chi connectivity index (χ1) is 12.1. The van der Waals surface area contributed by atoms with Crippen LogP contribution in [0.25, 0.3) is 0 Å². The number of hydrogen-bond acceptors (Lipinski definition) is 4. The Morgan fingerprint density at radius 2 is 1.92 bits per heavy atom. The predicted octanol–water partition coefficient (Wildman–Crippen LogP) is 1.69. The van der Waals surface area contributed by atoms with Gasteiger partial charge in [0.25, 0.3) is 5.56 Å². The fourth-order valence-corrected chi connectivity index (χ4v) is 2.91. The molecule has 2 aromatic rings. The van der Waals surface area contributed by atoms with Crippen LogP contribution in [0.1, 0.15) is 32.2 Å². The highest BCUT2D eigenvalue weighted by molar-refractivity contribution is 5.98. The largest absolute Gasteiger partial charge is 0.494 e. The van der Waals surface area contributed by atoms with E-state index in [1.165, 1.54) is 16.8 Å². The van der Waals surface area contributed by atoms with E-state index in [1.807, 2.05) is 24.3 Å². The van der Waals surface area contributed by atoms with E-state index >= 15 is 0 Å². The number of rotatable bonds is 6. The van der Waals surface area contributed by atoms with Gasteiger partial charge in [-0.1, -0.05) is 13.3 Å². The molecule has 0 aliphatic carbocycles. The number of carbonyl (C=O) groups is 1. The van der Waals surface area contributed by atoms with E-state index in [0.29, 0.717) is 19.6 Å². The number of H-pyrrole nitrogens is 1. The van der Waals surface area contributed by atoms with Crippen LogP contribution >= 0.6 is 0 Å². The second kappa shape index (κ2) is 7.38. The fraction of sp³-hybridized carbons (Fsp3) is 0.389. The number of aromatic nitrogens is 2. The zero-order valence-corrected chi connectivity index (χ0v) is 14.1. The van der Waals surface area contributed by atoms with Crippen LogP contribution in [0, 0.1) is 0 Å². The molecular weight excluding hydrogens is 322 g/mol. The van der Waals surface area contributed by atoms with Gasteiger partial charge in [-0.2, -0.15) is 0 Å². The number of nitrogens with zero attached hydrogens (tertiary/aromatic N) is 2. The van der Waals surface area contributed by atoms with Gasteiger partial charge < -0.3 is 9.64 Å². The number of benzene rings is 1. The van der Waals surface area contributed by atoms with E-state index in [2.05, 4.69) is 11.9 Å². The minimum Gasteiger partial charge on any atom is -0.494 e. The van der Waals surface area contributed by atoms with Gasteiger partial charge in [0.15, 0.2) is 0 Å². The maximum Gasteiger partial charge on any atom is 0.329 e. The van der Waals surface area contributed by atoms with Crippen molar-refractivity contribution in [2.75, 3.05) is 18.1 Å². The molecule has 2 heterocycles. The fourth-order valence-electron chi connectivity index (χ4n) is 2.91. The first-order valence-electron chi connectivity index (χ1n) is 8.46. The SMILES string of the molecule is CCCCOc1ccc(N2CCC(n3ccc(=O)[nH]c3=O)C2=O)cc1. The van der Waals surface area contributed by atoms with Crippen LogP contribution in [0.15, 0.2) is 46.1 Å². The lowest BCUT2D eigenvalue weighted by atomic mass is 10.2. The Morgan fingerprint density at radius 3 is 2.60 bits per heavy atom. The summed E-state index contributed by atoms with van der Waals surface area (Å²) in [7, 11) is 0. The second-order valence-corrected chi connectivity index (χ2v) is 6.01. The summed E-state index contributed by atoms with van der Waals surface area (Å²) in [5, 5.41) is 0. The van der Waals surface area contributed by atoms with Crippen molar-refractivity contribution < 1.29 is 9.53 Å². The number of aromatic amines is 1. The highest BCUT2D eigenvalue weighted by Crippen LogP contribution is 2.28. The predicted molar refractivity (Wildman–Crippen MR) is 94.2 cm³/mol. The summed E-state index contributed by atoms with van der Waals surface area (Å²) >= 11 is 0. The van der Waals surface area contributed by atoms with E-state index in [1.54, 1.807) is 4.90 Å².